The monoisotopic (exact) mass is 341 g/mol. The first-order valence-electron chi connectivity index (χ1n) is 8.59. The SMILES string of the molecule is O=C(COc1ccc(Oc2ccccc2)cc1)N1CCC(CCO)C1. The van der Waals surface area contributed by atoms with Crippen LogP contribution in [0.25, 0.3) is 0 Å². The van der Waals surface area contributed by atoms with Crippen molar-refractivity contribution >= 4 is 5.91 Å². The van der Waals surface area contributed by atoms with Gasteiger partial charge >= 0.3 is 0 Å². The second-order valence-corrected chi connectivity index (χ2v) is 6.18. The third kappa shape index (κ3) is 4.97. The van der Waals surface area contributed by atoms with Crippen molar-refractivity contribution in [2.75, 3.05) is 26.3 Å². The van der Waals surface area contributed by atoms with Gasteiger partial charge < -0.3 is 19.5 Å². The van der Waals surface area contributed by atoms with Crippen molar-refractivity contribution in [3.05, 3.63) is 54.6 Å². The van der Waals surface area contributed by atoms with E-state index in [-0.39, 0.29) is 19.1 Å². The molecule has 1 aliphatic heterocycles. The predicted octanol–water partition coefficient (Wildman–Crippen LogP) is 3.09. The third-order valence-corrected chi connectivity index (χ3v) is 4.34. The molecule has 2 aromatic carbocycles. The van der Waals surface area contributed by atoms with E-state index in [1.807, 2.05) is 47.4 Å². The van der Waals surface area contributed by atoms with Gasteiger partial charge in [-0.3, -0.25) is 4.79 Å². The van der Waals surface area contributed by atoms with Crippen LogP contribution in [0.1, 0.15) is 12.8 Å². The zero-order valence-electron chi connectivity index (χ0n) is 14.1. The number of benzene rings is 2. The molecule has 1 unspecified atom stereocenters. The van der Waals surface area contributed by atoms with E-state index in [1.54, 1.807) is 12.1 Å². The molecule has 0 aliphatic carbocycles. The maximum absolute atomic E-state index is 12.2. The summed E-state index contributed by atoms with van der Waals surface area (Å²) in [6.45, 7) is 1.68. The average molecular weight is 341 g/mol. The number of carbonyl (C=O) groups excluding carboxylic acids is 1. The van der Waals surface area contributed by atoms with Crippen LogP contribution in [0.2, 0.25) is 0 Å². The Morgan fingerprint density at radius 1 is 1.04 bits per heavy atom. The Morgan fingerprint density at radius 3 is 2.44 bits per heavy atom. The molecular formula is C20H23NO4. The van der Waals surface area contributed by atoms with E-state index < -0.39 is 0 Å². The van der Waals surface area contributed by atoms with Gasteiger partial charge in [-0.2, -0.15) is 0 Å². The lowest BCUT2D eigenvalue weighted by Gasteiger charge is -2.17. The van der Waals surface area contributed by atoms with Crippen LogP contribution in [0, 0.1) is 5.92 Å². The quantitative estimate of drug-likeness (QED) is 0.841. The van der Waals surface area contributed by atoms with E-state index in [1.165, 1.54) is 0 Å². The van der Waals surface area contributed by atoms with Gasteiger partial charge in [0.25, 0.3) is 5.91 Å². The highest BCUT2D eigenvalue weighted by Gasteiger charge is 2.25. The van der Waals surface area contributed by atoms with Crippen LogP contribution in [0.3, 0.4) is 0 Å². The first-order chi connectivity index (χ1) is 12.2. The van der Waals surface area contributed by atoms with Gasteiger partial charge in [0.15, 0.2) is 6.61 Å². The number of hydrogen-bond acceptors (Lipinski definition) is 4. The number of nitrogens with zero attached hydrogens (tertiary/aromatic N) is 1. The zero-order chi connectivity index (χ0) is 17.5. The van der Waals surface area contributed by atoms with Gasteiger partial charge in [0.2, 0.25) is 0 Å². The maximum Gasteiger partial charge on any atom is 0.260 e. The molecule has 1 N–H and O–H groups in total. The fourth-order valence-corrected chi connectivity index (χ4v) is 2.94. The number of hydrogen-bond donors (Lipinski definition) is 1. The Bertz CT molecular complexity index is 672. The fraction of sp³-hybridized carbons (Fsp3) is 0.350. The molecule has 1 saturated heterocycles. The Labute approximate surface area is 147 Å². The molecular weight excluding hydrogens is 318 g/mol. The molecule has 0 saturated carbocycles. The largest absolute Gasteiger partial charge is 0.484 e. The van der Waals surface area contributed by atoms with E-state index in [0.29, 0.717) is 18.2 Å². The Morgan fingerprint density at radius 2 is 1.72 bits per heavy atom. The molecule has 3 rings (SSSR count). The first-order valence-corrected chi connectivity index (χ1v) is 8.59. The summed E-state index contributed by atoms with van der Waals surface area (Å²) >= 11 is 0. The summed E-state index contributed by atoms with van der Waals surface area (Å²) in [4.78, 5) is 14.0. The van der Waals surface area contributed by atoms with Crippen LogP contribution in [-0.2, 0) is 4.79 Å². The first kappa shape index (κ1) is 17.3. The molecule has 1 fully saturated rings. The minimum Gasteiger partial charge on any atom is -0.484 e. The Hall–Kier alpha value is -2.53. The van der Waals surface area contributed by atoms with Gasteiger partial charge in [-0.05, 0) is 55.2 Å². The molecule has 2 aromatic rings. The Kier molecular flexibility index (Phi) is 5.90. The van der Waals surface area contributed by atoms with Crippen molar-refractivity contribution in [2.24, 2.45) is 5.92 Å². The summed E-state index contributed by atoms with van der Waals surface area (Å²) in [5.41, 5.74) is 0. The van der Waals surface area contributed by atoms with E-state index in [4.69, 9.17) is 14.6 Å². The highest BCUT2D eigenvalue weighted by molar-refractivity contribution is 5.78. The molecule has 1 amide bonds. The topological polar surface area (TPSA) is 59.0 Å². The van der Waals surface area contributed by atoms with Crippen molar-refractivity contribution < 1.29 is 19.4 Å². The van der Waals surface area contributed by atoms with Crippen molar-refractivity contribution in [1.29, 1.82) is 0 Å². The zero-order valence-corrected chi connectivity index (χ0v) is 14.1. The van der Waals surface area contributed by atoms with Crippen molar-refractivity contribution in [3.63, 3.8) is 0 Å². The van der Waals surface area contributed by atoms with Crippen LogP contribution in [0.4, 0.5) is 0 Å². The Balaban J connectivity index is 1.46. The van der Waals surface area contributed by atoms with Crippen molar-refractivity contribution in [3.8, 4) is 17.2 Å². The molecule has 1 aliphatic rings. The normalized spacial score (nSPS) is 16.7. The number of amides is 1. The number of rotatable bonds is 7. The lowest BCUT2D eigenvalue weighted by molar-refractivity contribution is -0.132. The number of aliphatic hydroxyl groups excluding tert-OH is 1. The number of para-hydroxylation sites is 1. The second kappa shape index (κ2) is 8.53. The van der Waals surface area contributed by atoms with E-state index in [0.717, 1.165) is 30.9 Å². The van der Waals surface area contributed by atoms with Crippen molar-refractivity contribution in [2.45, 2.75) is 12.8 Å². The molecule has 0 aromatic heterocycles. The summed E-state index contributed by atoms with van der Waals surface area (Å²) in [6.07, 6.45) is 1.71. The van der Waals surface area contributed by atoms with Gasteiger partial charge in [-0.1, -0.05) is 18.2 Å². The summed E-state index contributed by atoms with van der Waals surface area (Å²) in [7, 11) is 0. The van der Waals surface area contributed by atoms with Crippen LogP contribution < -0.4 is 9.47 Å². The minimum absolute atomic E-state index is 0.00921. The molecule has 1 atom stereocenters. The standard InChI is InChI=1S/C20H23NO4/c22-13-11-16-10-12-21(14-16)20(23)15-24-17-6-8-19(9-7-17)25-18-4-2-1-3-5-18/h1-9,16,22H,10-15H2. The fourth-order valence-electron chi connectivity index (χ4n) is 2.94. The predicted molar refractivity (Wildman–Crippen MR) is 94.8 cm³/mol. The molecule has 5 nitrogen and oxygen atoms in total. The highest BCUT2D eigenvalue weighted by Crippen LogP contribution is 2.24. The molecule has 5 heteroatoms. The number of carbonyl (C=O) groups is 1. The molecule has 132 valence electrons. The minimum atomic E-state index is -0.00921. The smallest absolute Gasteiger partial charge is 0.260 e. The van der Waals surface area contributed by atoms with Gasteiger partial charge in [0.1, 0.15) is 17.2 Å². The van der Waals surface area contributed by atoms with Crippen LogP contribution in [0.15, 0.2) is 54.6 Å². The molecule has 0 bridgehead atoms. The maximum atomic E-state index is 12.2. The van der Waals surface area contributed by atoms with Crippen LogP contribution in [-0.4, -0.2) is 42.2 Å². The number of likely N-dealkylation sites (tertiary alicyclic amines) is 1. The van der Waals surface area contributed by atoms with E-state index in [9.17, 15) is 4.79 Å². The molecule has 1 heterocycles. The lowest BCUT2D eigenvalue weighted by Crippen LogP contribution is -2.33. The number of ether oxygens (including phenoxy) is 2. The molecule has 0 spiro atoms. The summed E-state index contributed by atoms with van der Waals surface area (Å²) < 4.78 is 11.3. The van der Waals surface area contributed by atoms with Crippen LogP contribution >= 0.6 is 0 Å². The average Bonchev–Trinajstić information content (AvgIpc) is 3.11. The highest BCUT2D eigenvalue weighted by atomic mass is 16.5. The summed E-state index contributed by atoms with van der Waals surface area (Å²) in [6, 6.07) is 16.8. The molecule has 25 heavy (non-hydrogen) atoms. The lowest BCUT2D eigenvalue weighted by atomic mass is 10.1. The van der Waals surface area contributed by atoms with Gasteiger partial charge in [-0.15, -0.1) is 0 Å². The van der Waals surface area contributed by atoms with Gasteiger partial charge in [-0.25, -0.2) is 0 Å². The van der Waals surface area contributed by atoms with Gasteiger partial charge in [0.05, 0.1) is 0 Å². The van der Waals surface area contributed by atoms with Gasteiger partial charge in [0, 0.05) is 19.7 Å². The summed E-state index contributed by atoms with van der Waals surface area (Å²) in [5, 5.41) is 8.98. The summed E-state index contributed by atoms with van der Waals surface area (Å²) in [5.74, 6) is 2.53. The third-order valence-electron chi connectivity index (χ3n) is 4.34. The second-order valence-electron chi connectivity index (χ2n) is 6.18. The van der Waals surface area contributed by atoms with E-state index >= 15 is 0 Å². The van der Waals surface area contributed by atoms with Crippen molar-refractivity contribution in [1.82, 2.24) is 4.90 Å². The van der Waals surface area contributed by atoms with E-state index in [2.05, 4.69) is 0 Å². The van der Waals surface area contributed by atoms with Crippen LogP contribution in [0.5, 0.6) is 17.2 Å². The number of aliphatic hydroxyl groups is 1. The molecule has 0 radical (unpaired) electrons.